The van der Waals surface area contributed by atoms with Crippen LogP contribution in [0, 0.1) is 0 Å². The van der Waals surface area contributed by atoms with Crippen molar-refractivity contribution in [1.29, 1.82) is 0 Å². The minimum absolute atomic E-state index is 0.0559. The first-order valence-corrected chi connectivity index (χ1v) is 31.1. The number of pyridine rings is 1. The number of thiazole rings is 3. The summed E-state index contributed by atoms with van der Waals surface area (Å²) in [6.45, 7) is 27.6. The molecule has 0 aromatic carbocycles. The summed E-state index contributed by atoms with van der Waals surface area (Å²) in [5, 5.41) is 27.0. The van der Waals surface area contributed by atoms with Crippen molar-refractivity contribution in [2.45, 2.75) is 144 Å². The lowest BCUT2D eigenvalue weighted by Gasteiger charge is -2.32. The van der Waals surface area contributed by atoms with E-state index in [1.807, 2.05) is 170 Å². The van der Waals surface area contributed by atoms with Crippen molar-refractivity contribution >= 4 is 70.2 Å². The van der Waals surface area contributed by atoms with E-state index in [1.165, 1.54) is 11.3 Å². The summed E-state index contributed by atoms with van der Waals surface area (Å²) >= 11 is 4.73. The topological polar surface area (TPSA) is 224 Å². The van der Waals surface area contributed by atoms with Gasteiger partial charge in [0.2, 0.25) is 0 Å². The van der Waals surface area contributed by atoms with E-state index in [9.17, 15) is 14.4 Å². The van der Waals surface area contributed by atoms with Crippen LogP contribution in [0.3, 0.4) is 0 Å². The fourth-order valence-corrected chi connectivity index (χ4v) is 11.9. The Morgan fingerprint density at radius 1 is 0.588 bits per heavy atom. The molecule has 1 saturated heterocycles. The molecule has 5 aliphatic heterocycles. The fraction of sp³-hybridized carbons (Fsp3) is 0.448. The Balaban J connectivity index is 0.000000120. The zero-order valence-electron chi connectivity index (χ0n) is 49.6. The number of rotatable bonds is 5. The molecule has 0 bridgehead atoms. The van der Waals surface area contributed by atoms with Gasteiger partial charge in [-0.1, -0.05) is 6.07 Å². The van der Waals surface area contributed by atoms with E-state index < -0.39 is 29.5 Å². The van der Waals surface area contributed by atoms with Gasteiger partial charge in [0.25, 0.3) is 5.91 Å². The Hall–Kier alpha value is -7.56. The maximum absolute atomic E-state index is 13.0. The van der Waals surface area contributed by atoms with Gasteiger partial charge in [-0.3, -0.25) is 23.5 Å². The second-order valence-electron chi connectivity index (χ2n) is 24.1. The van der Waals surface area contributed by atoms with E-state index in [-0.39, 0.29) is 18.1 Å². The Morgan fingerprint density at radius 2 is 1.05 bits per heavy atom. The lowest BCUT2D eigenvalue weighted by molar-refractivity contribution is 0.00578. The van der Waals surface area contributed by atoms with Gasteiger partial charge < -0.3 is 43.2 Å². The van der Waals surface area contributed by atoms with Crippen LogP contribution in [0.15, 0.2) is 94.1 Å². The minimum Gasteiger partial charge on any atom is -0.444 e. The van der Waals surface area contributed by atoms with Crippen LogP contribution >= 0.6 is 34.0 Å². The van der Waals surface area contributed by atoms with Crippen molar-refractivity contribution in [2.75, 3.05) is 26.2 Å². The highest BCUT2D eigenvalue weighted by atomic mass is 32.1. The summed E-state index contributed by atoms with van der Waals surface area (Å²) in [7, 11) is -0.479. The summed E-state index contributed by atoms with van der Waals surface area (Å²) in [6, 6.07) is 7.88. The molecular weight excluding hydrogens is 1140 g/mol. The molecular formula is C58H71BN16O7S3. The molecule has 0 saturated carbocycles. The van der Waals surface area contributed by atoms with Crippen molar-refractivity contribution < 1.29 is 33.2 Å². The first-order chi connectivity index (χ1) is 40.6. The number of aromatic nitrogens is 12. The second-order valence-corrected chi connectivity index (χ2v) is 26.3. The molecule has 85 heavy (non-hydrogen) atoms. The molecule has 0 aliphatic carbocycles. The third-order valence-electron chi connectivity index (χ3n) is 15.4. The number of hydrogen-bond donors (Lipinski definition) is 1. The van der Waals surface area contributed by atoms with E-state index in [0.29, 0.717) is 58.9 Å². The molecule has 0 radical (unpaired) electrons. The van der Waals surface area contributed by atoms with E-state index in [2.05, 4.69) is 50.7 Å². The van der Waals surface area contributed by atoms with Crippen LogP contribution in [-0.4, -0.2) is 147 Å². The van der Waals surface area contributed by atoms with Crippen LogP contribution in [0.1, 0.15) is 102 Å². The largest absolute Gasteiger partial charge is 0.498 e. The molecule has 9 aromatic heterocycles. The lowest BCUT2D eigenvalue weighted by atomic mass is 9.79. The van der Waals surface area contributed by atoms with Crippen molar-refractivity contribution in [1.82, 2.24) is 78.5 Å². The molecule has 27 heteroatoms. The minimum atomic E-state index is -0.511. The van der Waals surface area contributed by atoms with Crippen LogP contribution in [0.2, 0.25) is 0 Å². The predicted octanol–water partition coefficient (Wildman–Crippen LogP) is 8.72. The predicted molar refractivity (Wildman–Crippen MR) is 325 cm³/mol. The SMILES string of the molecule is CC(C)(C)OC(=O)N1CCn2ncc(-c3cscn3)c2C1.CC(C)(C)OC(=O)N1CCn2ncc(B3OC(C)(C)C(C)(C)O3)c2C1.O=C(c1cc2ccccn2c1)N1CCn2ncc(-c3cscn3)c2C1.c1nc(-c2cnn3c2CNCC3)cs1. The Bertz CT molecular complexity index is 3730. The van der Waals surface area contributed by atoms with Crippen LogP contribution in [0.4, 0.5) is 9.59 Å². The van der Waals surface area contributed by atoms with Gasteiger partial charge in [-0.15, -0.1) is 34.0 Å². The van der Waals surface area contributed by atoms with Crippen LogP contribution in [-0.2, 0) is 71.1 Å². The van der Waals surface area contributed by atoms with E-state index in [1.54, 1.807) is 55.5 Å². The molecule has 1 N–H and O–H groups in total. The van der Waals surface area contributed by atoms with Crippen molar-refractivity contribution in [3.8, 4) is 33.8 Å². The van der Waals surface area contributed by atoms with Gasteiger partial charge in [0.15, 0.2) is 0 Å². The summed E-state index contributed by atoms with van der Waals surface area (Å²) < 4.78 is 33.1. The molecule has 3 amide bonds. The van der Waals surface area contributed by atoms with Crippen molar-refractivity contribution in [3.05, 3.63) is 122 Å². The first-order valence-electron chi connectivity index (χ1n) is 28.3. The number of ether oxygens (including phenoxy) is 2. The standard InChI is InChI=1S/C18H15N5OS.C17H28BN3O4.C14H18N4O2S.C9H10N4S/c24-18(13-7-14-3-1-2-4-21(14)9-13)22-5-6-23-17(10-22)15(8-20-23)16-11-25-12-19-16;1-15(2,3)23-14(22)20-8-9-21-13(11-20)12(10-19-21)18-24-16(4,5)17(6,7)25-18;1-14(2,3)20-13(19)17-4-5-18-12(7-17)10(6-16-18)11-8-21-9-15-11;1-2-13-9(4-10-1)7(3-12-13)8-5-14-6-11-8/h1-4,7-9,11-12H,5-6,10H2;10H,8-9,11H2,1-7H3;6,8-9H,4-5,7H2,1-3H3;3,5-6,10H,1-2,4H2. The highest BCUT2D eigenvalue weighted by Gasteiger charge is 2.53. The van der Waals surface area contributed by atoms with E-state index >= 15 is 0 Å². The Labute approximate surface area is 505 Å². The average molecular weight is 1210 g/mol. The molecule has 23 nitrogen and oxygen atoms in total. The molecule has 1 fully saturated rings. The molecule has 0 spiro atoms. The lowest BCUT2D eigenvalue weighted by Crippen LogP contribution is -2.45. The number of carbonyl (C=O) groups is 3. The number of hydrogen-bond acceptors (Lipinski definition) is 18. The molecule has 14 heterocycles. The smallest absolute Gasteiger partial charge is 0.444 e. The summed E-state index contributed by atoms with van der Waals surface area (Å²) in [5.74, 6) is 0.0559. The van der Waals surface area contributed by atoms with Gasteiger partial charge in [0.1, 0.15) is 11.2 Å². The number of nitrogens with one attached hydrogen (secondary N) is 1. The zero-order chi connectivity index (χ0) is 59.8. The van der Waals surface area contributed by atoms with Crippen LogP contribution in [0.25, 0.3) is 39.3 Å². The summed E-state index contributed by atoms with van der Waals surface area (Å²) in [4.78, 5) is 55.9. The quantitative estimate of drug-likeness (QED) is 0.159. The number of carbonyl (C=O) groups excluding carboxylic acids is 3. The Kier molecular flexibility index (Phi) is 16.8. The Morgan fingerprint density at radius 3 is 1.54 bits per heavy atom. The molecule has 9 aromatic rings. The fourth-order valence-electron chi connectivity index (χ4n) is 10.3. The van der Waals surface area contributed by atoms with E-state index in [0.717, 1.165) is 81.5 Å². The van der Waals surface area contributed by atoms with Gasteiger partial charge >= 0.3 is 19.3 Å². The molecule has 0 unspecified atom stereocenters. The molecule has 446 valence electrons. The van der Waals surface area contributed by atoms with Crippen LogP contribution < -0.4 is 10.8 Å². The highest BCUT2D eigenvalue weighted by Crippen LogP contribution is 2.37. The average Bonchev–Trinajstić information content (AvgIpc) is 3.62. The summed E-state index contributed by atoms with van der Waals surface area (Å²) in [5.41, 5.74) is 16.6. The highest BCUT2D eigenvalue weighted by molar-refractivity contribution is 7.08. The maximum Gasteiger partial charge on any atom is 0.498 e. The van der Waals surface area contributed by atoms with Crippen molar-refractivity contribution in [2.24, 2.45) is 0 Å². The first kappa shape index (κ1) is 59.2. The number of nitrogens with zero attached hydrogens (tertiary/aromatic N) is 15. The molecule has 0 atom stereocenters. The van der Waals surface area contributed by atoms with Gasteiger partial charge in [0, 0.05) is 95.1 Å². The van der Waals surface area contributed by atoms with Crippen molar-refractivity contribution in [3.63, 3.8) is 0 Å². The monoisotopic (exact) mass is 1210 g/mol. The normalized spacial score (nSPS) is 16.8. The second kappa shape index (κ2) is 24.1. The third kappa shape index (κ3) is 13.2. The maximum atomic E-state index is 13.0. The van der Waals surface area contributed by atoms with Gasteiger partial charge in [-0.2, -0.15) is 20.4 Å². The van der Waals surface area contributed by atoms with Gasteiger partial charge in [-0.25, -0.2) is 24.5 Å². The van der Waals surface area contributed by atoms with Gasteiger partial charge in [-0.05, 0) is 87.4 Å². The third-order valence-corrected chi connectivity index (χ3v) is 17.1. The van der Waals surface area contributed by atoms with Crippen LogP contribution in [0.5, 0.6) is 0 Å². The number of amides is 3. The molecule has 14 rings (SSSR count). The zero-order valence-corrected chi connectivity index (χ0v) is 52.0. The molecule has 5 aliphatic rings. The summed E-state index contributed by atoms with van der Waals surface area (Å²) in [6.07, 6.45) is 10.6. The number of fused-ring (bicyclic) bond motifs is 5. The van der Waals surface area contributed by atoms with Gasteiger partial charge in [0.05, 0.1) is 138 Å². The van der Waals surface area contributed by atoms with E-state index in [4.69, 9.17) is 18.8 Å².